The summed E-state index contributed by atoms with van der Waals surface area (Å²) < 4.78 is 26.2. The topological polar surface area (TPSA) is 98.3 Å². The standard InChI is InChI=1S/C30H30FN5O3/c1-32-30-34-16-14-24(36-30)22-9-6-15-33-29(22)39-27-18-21(10-12-23(27)31)28(37)35-25-17-20(11-13-26(25)38-2)19-7-4-3-5-8-19/h6,9-19H,3-5,7-8H2,1-2H3,(H,35,37)(H,32,34,36). The van der Waals surface area contributed by atoms with E-state index in [0.29, 0.717) is 34.6 Å². The van der Waals surface area contributed by atoms with E-state index in [1.165, 1.54) is 43.0 Å². The number of rotatable bonds is 8. The van der Waals surface area contributed by atoms with Gasteiger partial charge in [-0.3, -0.25) is 4.79 Å². The first-order valence-corrected chi connectivity index (χ1v) is 13.0. The largest absolute Gasteiger partial charge is 0.495 e. The van der Waals surface area contributed by atoms with E-state index in [2.05, 4.69) is 31.7 Å². The van der Waals surface area contributed by atoms with Crippen molar-refractivity contribution in [1.82, 2.24) is 15.0 Å². The fourth-order valence-electron chi connectivity index (χ4n) is 4.83. The molecule has 1 saturated carbocycles. The Morgan fingerprint density at radius 2 is 1.82 bits per heavy atom. The smallest absolute Gasteiger partial charge is 0.255 e. The molecule has 0 aliphatic heterocycles. The van der Waals surface area contributed by atoms with E-state index in [0.717, 1.165) is 12.8 Å². The van der Waals surface area contributed by atoms with Crippen LogP contribution in [0.25, 0.3) is 11.3 Å². The summed E-state index contributed by atoms with van der Waals surface area (Å²) >= 11 is 0. The molecule has 0 unspecified atom stereocenters. The number of methoxy groups -OCH3 is 1. The van der Waals surface area contributed by atoms with Crippen molar-refractivity contribution in [2.24, 2.45) is 0 Å². The number of pyridine rings is 1. The third-order valence-electron chi connectivity index (χ3n) is 6.87. The van der Waals surface area contributed by atoms with Crippen LogP contribution < -0.4 is 20.1 Å². The average molecular weight is 528 g/mol. The first-order chi connectivity index (χ1) is 19.1. The highest BCUT2D eigenvalue weighted by Crippen LogP contribution is 2.37. The highest BCUT2D eigenvalue weighted by atomic mass is 19.1. The number of anilines is 2. The van der Waals surface area contributed by atoms with E-state index < -0.39 is 11.7 Å². The van der Waals surface area contributed by atoms with Crippen LogP contribution >= 0.6 is 0 Å². The second kappa shape index (κ2) is 11.9. The molecule has 1 aliphatic rings. The summed E-state index contributed by atoms with van der Waals surface area (Å²) in [5.74, 6) is 0.441. The van der Waals surface area contributed by atoms with Gasteiger partial charge in [0, 0.05) is 25.0 Å². The van der Waals surface area contributed by atoms with Gasteiger partial charge in [-0.05, 0) is 72.9 Å². The van der Waals surface area contributed by atoms with Gasteiger partial charge in [0.1, 0.15) is 5.75 Å². The van der Waals surface area contributed by atoms with Gasteiger partial charge in [0.15, 0.2) is 11.6 Å². The molecule has 200 valence electrons. The molecule has 8 nitrogen and oxygen atoms in total. The molecular formula is C30H30FN5O3. The molecule has 4 aromatic rings. The minimum atomic E-state index is -0.626. The second-order valence-corrected chi connectivity index (χ2v) is 9.37. The molecule has 2 aromatic heterocycles. The van der Waals surface area contributed by atoms with E-state index in [1.54, 1.807) is 44.8 Å². The van der Waals surface area contributed by atoms with E-state index in [-0.39, 0.29) is 17.2 Å². The first-order valence-electron chi connectivity index (χ1n) is 13.0. The van der Waals surface area contributed by atoms with Crippen LogP contribution in [0.5, 0.6) is 17.4 Å². The Kier molecular flexibility index (Phi) is 7.96. The number of amides is 1. The number of benzene rings is 2. The molecule has 9 heteroatoms. The fraction of sp³-hybridized carbons (Fsp3) is 0.267. The van der Waals surface area contributed by atoms with E-state index in [9.17, 15) is 9.18 Å². The van der Waals surface area contributed by atoms with E-state index in [4.69, 9.17) is 9.47 Å². The van der Waals surface area contributed by atoms with Crippen LogP contribution in [0.15, 0.2) is 67.0 Å². The molecule has 39 heavy (non-hydrogen) atoms. The Balaban J connectivity index is 1.40. The van der Waals surface area contributed by atoms with Gasteiger partial charge in [0.25, 0.3) is 5.91 Å². The molecule has 1 aliphatic carbocycles. The van der Waals surface area contributed by atoms with Gasteiger partial charge in [0.05, 0.1) is 24.1 Å². The maximum absolute atomic E-state index is 14.8. The molecule has 1 fully saturated rings. The van der Waals surface area contributed by atoms with Crippen LogP contribution in [0.3, 0.4) is 0 Å². The fourth-order valence-corrected chi connectivity index (χ4v) is 4.83. The van der Waals surface area contributed by atoms with Crippen molar-refractivity contribution in [2.75, 3.05) is 24.8 Å². The lowest BCUT2D eigenvalue weighted by molar-refractivity contribution is 0.102. The summed E-state index contributed by atoms with van der Waals surface area (Å²) in [6.07, 6.45) is 9.11. The van der Waals surface area contributed by atoms with Crippen molar-refractivity contribution < 1.29 is 18.7 Å². The number of nitrogens with zero attached hydrogens (tertiary/aromatic N) is 3. The number of ether oxygens (including phenoxy) is 2. The summed E-state index contributed by atoms with van der Waals surface area (Å²) in [4.78, 5) is 26.1. The van der Waals surface area contributed by atoms with Crippen molar-refractivity contribution in [3.63, 3.8) is 0 Å². The van der Waals surface area contributed by atoms with Gasteiger partial charge in [-0.1, -0.05) is 25.3 Å². The molecule has 0 bridgehead atoms. The molecular weight excluding hydrogens is 497 g/mol. The van der Waals surface area contributed by atoms with Gasteiger partial charge >= 0.3 is 0 Å². The number of halogens is 1. The van der Waals surface area contributed by atoms with Crippen LogP contribution in [0.2, 0.25) is 0 Å². The Labute approximate surface area is 226 Å². The molecule has 2 N–H and O–H groups in total. The third kappa shape index (κ3) is 5.98. The summed E-state index contributed by atoms with van der Waals surface area (Å²) in [6.45, 7) is 0. The van der Waals surface area contributed by atoms with Gasteiger partial charge in [-0.15, -0.1) is 0 Å². The molecule has 2 heterocycles. The molecule has 0 atom stereocenters. The number of carbonyl (C=O) groups is 1. The van der Waals surface area contributed by atoms with Crippen molar-refractivity contribution in [1.29, 1.82) is 0 Å². The second-order valence-electron chi connectivity index (χ2n) is 9.37. The zero-order valence-corrected chi connectivity index (χ0v) is 21.9. The highest BCUT2D eigenvalue weighted by Gasteiger charge is 2.20. The average Bonchev–Trinajstić information content (AvgIpc) is 2.99. The number of hydrogen-bond acceptors (Lipinski definition) is 7. The first kappa shape index (κ1) is 26.1. The zero-order chi connectivity index (χ0) is 27.2. The normalized spacial score (nSPS) is 13.5. The Morgan fingerprint density at radius 3 is 2.62 bits per heavy atom. The maximum atomic E-state index is 14.8. The van der Waals surface area contributed by atoms with Crippen molar-refractivity contribution in [3.05, 3.63) is 83.9 Å². The van der Waals surface area contributed by atoms with Crippen molar-refractivity contribution >= 4 is 17.5 Å². The predicted molar refractivity (Wildman–Crippen MR) is 148 cm³/mol. The van der Waals surface area contributed by atoms with Crippen LogP contribution in [0.4, 0.5) is 16.0 Å². The van der Waals surface area contributed by atoms with Crippen LogP contribution in [0, 0.1) is 5.82 Å². The minimum absolute atomic E-state index is 0.131. The lowest BCUT2D eigenvalue weighted by Gasteiger charge is -2.23. The number of hydrogen-bond donors (Lipinski definition) is 2. The van der Waals surface area contributed by atoms with Crippen LogP contribution in [-0.2, 0) is 0 Å². The quantitative estimate of drug-likeness (QED) is 0.259. The zero-order valence-electron chi connectivity index (χ0n) is 21.9. The van der Waals surface area contributed by atoms with Gasteiger partial charge < -0.3 is 20.1 Å². The summed E-state index contributed by atoms with van der Waals surface area (Å²) in [5.41, 5.74) is 3.09. The monoisotopic (exact) mass is 527 g/mol. The van der Waals surface area contributed by atoms with Gasteiger partial charge in [-0.25, -0.2) is 19.3 Å². The number of nitrogens with one attached hydrogen (secondary N) is 2. The Morgan fingerprint density at radius 1 is 0.974 bits per heavy atom. The summed E-state index contributed by atoms with van der Waals surface area (Å²) in [5, 5.41) is 5.82. The molecule has 0 radical (unpaired) electrons. The predicted octanol–water partition coefficient (Wildman–Crippen LogP) is 6.82. The third-order valence-corrected chi connectivity index (χ3v) is 6.87. The highest BCUT2D eigenvalue weighted by molar-refractivity contribution is 6.05. The lowest BCUT2D eigenvalue weighted by atomic mass is 9.84. The van der Waals surface area contributed by atoms with Crippen molar-refractivity contribution in [3.8, 4) is 28.6 Å². The van der Waals surface area contributed by atoms with E-state index in [1.807, 2.05) is 12.1 Å². The minimum Gasteiger partial charge on any atom is -0.495 e. The van der Waals surface area contributed by atoms with E-state index >= 15 is 0 Å². The molecule has 0 spiro atoms. The summed E-state index contributed by atoms with van der Waals surface area (Å²) in [6, 6.07) is 15.1. The van der Waals surface area contributed by atoms with Crippen LogP contribution in [-0.4, -0.2) is 35.0 Å². The van der Waals surface area contributed by atoms with Gasteiger partial charge in [0.2, 0.25) is 11.8 Å². The summed E-state index contributed by atoms with van der Waals surface area (Å²) in [7, 11) is 3.28. The Hall–Kier alpha value is -4.53. The molecule has 1 amide bonds. The maximum Gasteiger partial charge on any atom is 0.255 e. The SMILES string of the molecule is CNc1nccc(-c2cccnc2Oc2cc(C(=O)Nc3cc(C4CCCCC4)ccc3OC)ccc2F)n1. The lowest BCUT2D eigenvalue weighted by Crippen LogP contribution is -2.14. The van der Waals surface area contributed by atoms with Gasteiger partial charge in [-0.2, -0.15) is 0 Å². The Bertz CT molecular complexity index is 1470. The number of carbonyl (C=O) groups excluding carboxylic acids is 1. The number of aromatic nitrogens is 3. The molecule has 0 saturated heterocycles. The molecule has 5 rings (SSSR count). The molecule has 2 aromatic carbocycles. The van der Waals surface area contributed by atoms with Crippen LogP contribution in [0.1, 0.15) is 53.9 Å². The van der Waals surface area contributed by atoms with Crippen molar-refractivity contribution in [2.45, 2.75) is 38.0 Å².